The molecule has 0 radical (unpaired) electrons. The topological polar surface area (TPSA) is 58.4 Å². The Morgan fingerprint density at radius 2 is 2.05 bits per heavy atom. The van der Waals surface area contributed by atoms with Crippen LogP contribution in [0.1, 0.15) is 32.3 Å². The molecule has 0 aliphatic heterocycles. The Morgan fingerprint density at radius 1 is 1.38 bits per heavy atom. The second-order valence-corrected chi connectivity index (χ2v) is 5.18. The van der Waals surface area contributed by atoms with Crippen molar-refractivity contribution in [1.82, 2.24) is 4.90 Å². The normalized spacial score (nSPS) is 11.4. The van der Waals surface area contributed by atoms with E-state index in [0.717, 1.165) is 19.0 Å². The van der Waals surface area contributed by atoms with Crippen molar-refractivity contribution >= 4 is 11.4 Å². The maximum Gasteiger partial charge on any atom is 0.270 e. The van der Waals surface area contributed by atoms with E-state index in [1.807, 2.05) is 7.05 Å². The van der Waals surface area contributed by atoms with E-state index in [9.17, 15) is 18.9 Å². The number of nitrogens with zero attached hydrogens (tertiary/aromatic N) is 2. The quantitative estimate of drug-likeness (QED) is 0.452. The van der Waals surface area contributed by atoms with Gasteiger partial charge in [-0.25, -0.2) is 8.78 Å². The van der Waals surface area contributed by atoms with Crippen LogP contribution in [0.4, 0.5) is 20.2 Å². The van der Waals surface area contributed by atoms with Crippen molar-refractivity contribution in [2.75, 3.05) is 25.5 Å². The molecule has 1 aromatic rings. The molecule has 0 atom stereocenters. The number of rotatable bonds is 8. The number of hydrogen-bond acceptors (Lipinski definition) is 4. The number of benzene rings is 1. The highest BCUT2D eigenvalue weighted by molar-refractivity contribution is 5.56. The smallest absolute Gasteiger partial charge is 0.270 e. The number of alkyl halides is 2. The summed E-state index contributed by atoms with van der Waals surface area (Å²) in [4.78, 5) is 12.1. The van der Waals surface area contributed by atoms with Gasteiger partial charge in [0.15, 0.2) is 0 Å². The fourth-order valence-electron chi connectivity index (χ4n) is 1.81. The minimum Gasteiger partial charge on any atom is -0.385 e. The van der Waals surface area contributed by atoms with Crippen molar-refractivity contribution in [3.63, 3.8) is 0 Å². The number of nitrogens with one attached hydrogen (secondary N) is 1. The zero-order valence-corrected chi connectivity index (χ0v) is 12.5. The summed E-state index contributed by atoms with van der Waals surface area (Å²) in [7, 11) is 2.00. The monoisotopic (exact) mass is 301 g/mol. The van der Waals surface area contributed by atoms with Crippen molar-refractivity contribution in [1.29, 1.82) is 0 Å². The summed E-state index contributed by atoms with van der Waals surface area (Å²) in [5, 5.41) is 13.5. The highest BCUT2D eigenvalue weighted by Gasteiger charge is 2.17. The van der Waals surface area contributed by atoms with Gasteiger partial charge in [0.25, 0.3) is 12.1 Å². The van der Waals surface area contributed by atoms with Gasteiger partial charge in [0, 0.05) is 36.0 Å². The van der Waals surface area contributed by atoms with Gasteiger partial charge in [-0.2, -0.15) is 0 Å². The summed E-state index contributed by atoms with van der Waals surface area (Å²) in [5.41, 5.74) is -0.403. The average molecular weight is 301 g/mol. The minimum atomic E-state index is -2.74. The maximum absolute atomic E-state index is 12.9. The maximum atomic E-state index is 12.9. The number of nitro benzene ring substituents is 1. The Kier molecular flexibility index (Phi) is 6.48. The highest BCUT2D eigenvalue weighted by Crippen LogP contribution is 2.30. The van der Waals surface area contributed by atoms with Crippen molar-refractivity contribution < 1.29 is 13.7 Å². The van der Waals surface area contributed by atoms with E-state index in [0.29, 0.717) is 12.6 Å². The van der Waals surface area contributed by atoms with Gasteiger partial charge in [-0.15, -0.1) is 0 Å². The molecular formula is C14H21F2N3O2. The highest BCUT2D eigenvalue weighted by atomic mass is 19.3. The third kappa shape index (κ3) is 5.26. The fraction of sp³-hybridized carbons (Fsp3) is 0.571. The first-order valence-electron chi connectivity index (χ1n) is 6.83. The lowest BCUT2D eigenvalue weighted by molar-refractivity contribution is -0.385. The molecule has 0 unspecified atom stereocenters. The van der Waals surface area contributed by atoms with Gasteiger partial charge in [0.1, 0.15) is 0 Å². The van der Waals surface area contributed by atoms with Crippen molar-refractivity contribution in [3.8, 4) is 0 Å². The Bertz CT molecular complexity index is 481. The first-order valence-corrected chi connectivity index (χ1v) is 6.83. The van der Waals surface area contributed by atoms with Gasteiger partial charge >= 0.3 is 0 Å². The molecule has 0 amide bonds. The summed E-state index contributed by atoms with van der Waals surface area (Å²) in [6, 6.07) is 3.93. The molecule has 1 N–H and O–H groups in total. The van der Waals surface area contributed by atoms with Crippen molar-refractivity contribution in [2.24, 2.45) is 0 Å². The minimum absolute atomic E-state index is 0.253. The summed E-state index contributed by atoms with van der Waals surface area (Å²) >= 11 is 0. The first-order chi connectivity index (χ1) is 9.82. The Labute approximate surface area is 123 Å². The van der Waals surface area contributed by atoms with Gasteiger partial charge in [0.2, 0.25) is 0 Å². The van der Waals surface area contributed by atoms with Gasteiger partial charge in [-0.05, 0) is 39.9 Å². The molecule has 0 aliphatic rings. The van der Waals surface area contributed by atoms with Gasteiger partial charge in [0.05, 0.1) is 4.92 Å². The zero-order chi connectivity index (χ0) is 16.0. The average Bonchev–Trinajstić information content (AvgIpc) is 2.42. The number of nitro groups is 1. The van der Waals surface area contributed by atoms with Crippen molar-refractivity contribution in [3.05, 3.63) is 33.9 Å². The van der Waals surface area contributed by atoms with Crippen LogP contribution in [0.15, 0.2) is 18.2 Å². The number of anilines is 1. The zero-order valence-electron chi connectivity index (χ0n) is 12.5. The number of hydrogen-bond donors (Lipinski definition) is 1. The van der Waals surface area contributed by atoms with Crippen LogP contribution in [0, 0.1) is 10.1 Å². The molecule has 0 bridgehead atoms. The summed E-state index contributed by atoms with van der Waals surface area (Å²) in [6.07, 6.45) is -1.94. The van der Waals surface area contributed by atoms with E-state index in [-0.39, 0.29) is 16.9 Å². The first kappa shape index (κ1) is 17.3. The van der Waals surface area contributed by atoms with E-state index in [2.05, 4.69) is 24.1 Å². The van der Waals surface area contributed by atoms with E-state index >= 15 is 0 Å². The van der Waals surface area contributed by atoms with Crippen LogP contribution in [0.25, 0.3) is 0 Å². The molecule has 21 heavy (non-hydrogen) atoms. The lowest BCUT2D eigenvalue weighted by atomic mass is 10.1. The van der Waals surface area contributed by atoms with Crippen LogP contribution in [0.5, 0.6) is 0 Å². The molecule has 1 rings (SSSR count). The molecule has 118 valence electrons. The molecule has 0 saturated heterocycles. The second-order valence-electron chi connectivity index (χ2n) is 5.18. The van der Waals surface area contributed by atoms with Crippen LogP contribution in [-0.2, 0) is 0 Å². The van der Waals surface area contributed by atoms with Crippen molar-refractivity contribution in [2.45, 2.75) is 32.7 Å². The van der Waals surface area contributed by atoms with E-state index < -0.39 is 11.3 Å². The van der Waals surface area contributed by atoms with Gasteiger partial charge in [-0.1, -0.05) is 0 Å². The predicted octanol–water partition coefficient (Wildman–Crippen LogP) is 3.67. The Morgan fingerprint density at radius 3 is 2.57 bits per heavy atom. The molecule has 1 aromatic carbocycles. The molecule has 0 aromatic heterocycles. The van der Waals surface area contributed by atoms with Crippen LogP contribution in [0.2, 0.25) is 0 Å². The molecule has 0 aliphatic carbocycles. The largest absolute Gasteiger partial charge is 0.385 e. The van der Waals surface area contributed by atoms with Crippen LogP contribution in [0.3, 0.4) is 0 Å². The number of non-ortho nitro benzene ring substituents is 1. The lowest BCUT2D eigenvalue weighted by Gasteiger charge is -2.21. The molecule has 0 spiro atoms. The third-order valence-electron chi connectivity index (χ3n) is 3.37. The lowest BCUT2D eigenvalue weighted by Crippen LogP contribution is -2.28. The molecule has 0 heterocycles. The Balaban J connectivity index is 2.64. The summed E-state index contributed by atoms with van der Waals surface area (Å²) in [5.74, 6) is 0. The predicted molar refractivity (Wildman–Crippen MR) is 78.9 cm³/mol. The SMILES string of the molecule is CC(C)N(C)CCCNc1ccc([N+](=O)[O-])cc1C(F)F. The van der Waals surface area contributed by atoms with E-state index in [1.54, 1.807) is 0 Å². The Hall–Kier alpha value is -1.76. The van der Waals surface area contributed by atoms with Gasteiger partial charge in [-0.3, -0.25) is 10.1 Å². The standard InChI is InChI=1S/C14H21F2N3O2/c1-10(2)18(3)8-4-7-17-13-6-5-11(19(20)21)9-12(13)14(15)16/h5-6,9-10,14,17H,4,7-8H2,1-3H3. The summed E-state index contributed by atoms with van der Waals surface area (Å²) < 4.78 is 25.9. The molecule has 7 heteroatoms. The second kappa shape index (κ2) is 7.87. The fourth-order valence-corrected chi connectivity index (χ4v) is 1.81. The summed E-state index contributed by atoms with van der Waals surface area (Å²) in [6.45, 7) is 5.55. The van der Waals surface area contributed by atoms with Crippen LogP contribution >= 0.6 is 0 Å². The molecular weight excluding hydrogens is 280 g/mol. The molecule has 0 saturated carbocycles. The molecule has 5 nitrogen and oxygen atoms in total. The van der Waals surface area contributed by atoms with Crippen LogP contribution in [-0.4, -0.2) is 36.0 Å². The van der Waals surface area contributed by atoms with Crippen LogP contribution < -0.4 is 5.32 Å². The van der Waals surface area contributed by atoms with Gasteiger partial charge < -0.3 is 10.2 Å². The van der Waals surface area contributed by atoms with E-state index in [4.69, 9.17) is 0 Å². The third-order valence-corrected chi connectivity index (χ3v) is 3.37. The number of halogens is 2. The van der Waals surface area contributed by atoms with E-state index in [1.165, 1.54) is 12.1 Å². The molecule has 0 fully saturated rings.